The zero-order valence-corrected chi connectivity index (χ0v) is 20.0. The van der Waals surface area contributed by atoms with Crippen molar-refractivity contribution in [1.82, 2.24) is 20.1 Å². The van der Waals surface area contributed by atoms with Gasteiger partial charge in [-0.25, -0.2) is 10.4 Å². The summed E-state index contributed by atoms with van der Waals surface area (Å²) in [6.07, 6.45) is 1.04. The molecule has 3 heterocycles. The molecule has 180 valence electrons. The van der Waals surface area contributed by atoms with Gasteiger partial charge in [0, 0.05) is 45.8 Å². The fourth-order valence-electron chi connectivity index (χ4n) is 5.56. The molecule has 3 unspecified atom stereocenters. The maximum absolute atomic E-state index is 13.7. The number of hydrogen-bond acceptors (Lipinski definition) is 5. The number of para-hydroxylation sites is 1. The number of piperazine rings is 1. The van der Waals surface area contributed by atoms with E-state index in [1.165, 1.54) is 5.56 Å². The van der Waals surface area contributed by atoms with Crippen LogP contribution in [0.2, 0.25) is 0 Å². The van der Waals surface area contributed by atoms with Crippen LogP contribution in [0, 0.1) is 11.8 Å². The van der Waals surface area contributed by atoms with Crippen molar-refractivity contribution in [3.8, 4) is 0 Å². The molecule has 3 saturated heterocycles. The van der Waals surface area contributed by atoms with Crippen molar-refractivity contribution in [2.45, 2.75) is 19.4 Å². The van der Waals surface area contributed by atoms with Gasteiger partial charge in [0.25, 0.3) is 0 Å². The number of nitrogens with one attached hydrogen (secondary N) is 1. The minimum absolute atomic E-state index is 0.0675. The highest BCUT2D eigenvalue weighted by Crippen LogP contribution is 2.32. The lowest BCUT2D eigenvalue weighted by atomic mass is 9.83. The van der Waals surface area contributed by atoms with Gasteiger partial charge in [0.2, 0.25) is 11.8 Å². The summed E-state index contributed by atoms with van der Waals surface area (Å²) in [7, 11) is 0. The SMILES string of the molecule is CCN1CC(C(=O)N2CCN(CCc3ccccc3)CC2)C2NN(c3ccccc3)C(=O)C2C1. The van der Waals surface area contributed by atoms with Gasteiger partial charge in [-0.2, -0.15) is 0 Å². The first-order chi connectivity index (χ1) is 16.6. The standard InChI is InChI=1S/C27H35N5O2/c1-2-29-19-23(25-24(20-29)27(34)32(28-25)22-11-7-4-8-12-22)26(33)31-17-15-30(16-18-31)14-13-21-9-5-3-6-10-21/h3-12,23-25,28H,2,13-20H2,1H3. The Kier molecular flexibility index (Phi) is 6.94. The van der Waals surface area contributed by atoms with Crippen LogP contribution in [-0.2, 0) is 16.0 Å². The van der Waals surface area contributed by atoms with Gasteiger partial charge >= 0.3 is 0 Å². The van der Waals surface area contributed by atoms with Crippen molar-refractivity contribution in [1.29, 1.82) is 0 Å². The lowest BCUT2D eigenvalue weighted by Crippen LogP contribution is -2.59. The second-order valence-corrected chi connectivity index (χ2v) is 9.63. The third-order valence-corrected chi connectivity index (χ3v) is 7.61. The van der Waals surface area contributed by atoms with E-state index < -0.39 is 0 Å². The molecule has 34 heavy (non-hydrogen) atoms. The normalized spacial score (nSPS) is 26.0. The van der Waals surface area contributed by atoms with E-state index in [4.69, 9.17) is 0 Å². The summed E-state index contributed by atoms with van der Waals surface area (Å²) in [4.78, 5) is 33.7. The molecule has 0 radical (unpaired) electrons. The molecule has 3 atom stereocenters. The molecular formula is C27H35N5O2. The molecule has 3 aliphatic heterocycles. The fourth-order valence-corrected chi connectivity index (χ4v) is 5.56. The van der Waals surface area contributed by atoms with Crippen LogP contribution in [0.1, 0.15) is 12.5 Å². The number of piperidine rings is 1. The minimum Gasteiger partial charge on any atom is -0.340 e. The van der Waals surface area contributed by atoms with Crippen LogP contribution in [-0.4, -0.2) is 84.9 Å². The second kappa shape index (κ2) is 10.3. The molecular weight excluding hydrogens is 426 g/mol. The Bertz CT molecular complexity index is 977. The smallest absolute Gasteiger partial charge is 0.247 e. The predicted octanol–water partition coefficient (Wildman–Crippen LogP) is 1.86. The van der Waals surface area contributed by atoms with Crippen LogP contribution in [0.15, 0.2) is 60.7 Å². The Morgan fingerprint density at radius 3 is 2.26 bits per heavy atom. The number of carbonyl (C=O) groups is 2. The molecule has 0 bridgehead atoms. The van der Waals surface area contributed by atoms with Crippen molar-refractivity contribution in [2.75, 3.05) is 57.4 Å². The molecule has 0 saturated carbocycles. The van der Waals surface area contributed by atoms with Crippen molar-refractivity contribution in [3.63, 3.8) is 0 Å². The van der Waals surface area contributed by atoms with Crippen LogP contribution < -0.4 is 10.4 Å². The number of hydrogen-bond donors (Lipinski definition) is 1. The Hall–Kier alpha value is -2.74. The summed E-state index contributed by atoms with van der Waals surface area (Å²) in [5.41, 5.74) is 5.61. The fraction of sp³-hybridized carbons (Fsp3) is 0.481. The third-order valence-electron chi connectivity index (χ3n) is 7.61. The van der Waals surface area contributed by atoms with Crippen molar-refractivity contribution < 1.29 is 9.59 Å². The van der Waals surface area contributed by atoms with Gasteiger partial charge in [-0.3, -0.25) is 14.5 Å². The number of hydrazine groups is 1. The summed E-state index contributed by atoms with van der Waals surface area (Å²) >= 11 is 0. The number of nitrogens with zero attached hydrogens (tertiary/aromatic N) is 4. The molecule has 0 spiro atoms. The lowest BCUT2D eigenvalue weighted by Gasteiger charge is -2.42. The molecule has 2 aromatic carbocycles. The van der Waals surface area contributed by atoms with Gasteiger partial charge in [0.05, 0.1) is 23.6 Å². The van der Waals surface area contributed by atoms with Crippen molar-refractivity contribution in [3.05, 3.63) is 66.2 Å². The van der Waals surface area contributed by atoms with Crippen LogP contribution >= 0.6 is 0 Å². The van der Waals surface area contributed by atoms with Crippen molar-refractivity contribution >= 4 is 17.5 Å². The first-order valence-electron chi connectivity index (χ1n) is 12.6. The largest absolute Gasteiger partial charge is 0.340 e. The zero-order valence-electron chi connectivity index (χ0n) is 20.0. The Labute approximate surface area is 202 Å². The molecule has 7 heteroatoms. The van der Waals surface area contributed by atoms with E-state index in [1.54, 1.807) is 5.01 Å². The number of likely N-dealkylation sites (tertiary alicyclic amines) is 1. The maximum Gasteiger partial charge on any atom is 0.247 e. The highest BCUT2D eigenvalue weighted by Gasteiger charge is 2.51. The monoisotopic (exact) mass is 461 g/mol. The number of amides is 2. The van der Waals surface area contributed by atoms with E-state index in [0.717, 1.165) is 51.4 Å². The highest BCUT2D eigenvalue weighted by molar-refractivity contribution is 5.98. The molecule has 2 amide bonds. The summed E-state index contributed by atoms with van der Waals surface area (Å²) in [5, 5.41) is 1.66. The number of benzene rings is 2. The second-order valence-electron chi connectivity index (χ2n) is 9.63. The van der Waals surface area contributed by atoms with Gasteiger partial charge in [-0.05, 0) is 30.7 Å². The van der Waals surface area contributed by atoms with E-state index in [1.807, 2.05) is 35.2 Å². The molecule has 1 N–H and O–H groups in total. The van der Waals surface area contributed by atoms with Gasteiger partial charge in [0.1, 0.15) is 0 Å². The molecule has 7 nitrogen and oxygen atoms in total. The molecule has 5 rings (SSSR count). The summed E-state index contributed by atoms with van der Waals surface area (Å²) < 4.78 is 0. The Morgan fingerprint density at radius 2 is 1.59 bits per heavy atom. The summed E-state index contributed by atoms with van der Waals surface area (Å²) in [6, 6.07) is 20.1. The van der Waals surface area contributed by atoms with E-state index in [-0.39, 0.29) is 29.7 Å². The molecule has 3 aliphatic rings. The number of carbonyl (C=O) groups excluding carboxylic acids is 2. The minimum atomic E-state index is -0.216. The summed E-state index contributed by atoms with van der Waals surface area (Å²) in [5.74, 6) is -0.161. The molecule has 2 aromatic rings. The third kappa shape index (κ3) is 4.73. The summed E-state index contributed by atoms with van der Waals surface area (Å²) in [6.45, 7) is 8.69. The lowest BCUT2D eigenvalue weighted by molar-refractivity contribution is -0.141. The van der Waals surface area contributed by atoms with Gasteiger partial charge in [-0.1, -0.05) is 55.5 Å². The Balaban J connectivity index is 1.22. The first kappa shape index (κ1) is 23.0. The quantitative estimate of drug-likeness (QED) is 0.712. The topological polar surface area (TPSA) is 59.1 Å². The zero-order chi connectivity index (χ0) is 23.5. The average Bonchev–Trinajstić information content (AvgIpc) is 3.24. The van der Waals surface area contributed by atoms with E-state index in [2.05, 4.69) is 52.5 Å². The highest BCUT2D eigenvalue weighted by atomic mass is 16.2. The van der Waals surface area contributed by atoms with Crippen molar-refractivity contribution in [2.24, 2.45) is 11.8 Å². The average molecular weight is 462 g/mol. The number of rotatable bonds is 6. The van der Waals surface area contributed by atoms with E-state index >= 15 is 0 Å². The van der Waals surface area contributed by atoms with Gasteiger partial charge < -0.3 is 9.80 Å². The van der Waals surface area contributed by atoms with E-state index in [9.17, 15) is 9.59 Å². The van der Waals surface area contributed by atoms with Gasteiger partial charge in [0.15, 0.2) is 0 Å². The van der Waals surface area contributed by atoms with Crippen LogP contribution in [0.5, 0.6) is 0 Å². The predicted molar refractivity (Wildman–Crippen MR) is 133 cm³/mol. The first-order valence-corrected chi connectivity index (χ1v) is 12.6. The number of fused-ring (bicyclic) bond motifs is 1. The molecule has 3 fully saturated rings. The maximum atomic E-state index is 13.7. The Morgan fingerprint density at radius 1 is 0.912 bits per heavy atom. The van der Waals surface area contributed by atoms with Crippen LogP contribution in [0.4, 0.5) is 5.69 Å². The molecule has 0 aliphatic carbocycles. The molecule has 0 aromatic heterocycles. The van der Waals surface area contributed by atoms with Crippen LogP contribution in [0.25, 0.3) is 0 Å². The van der Waals surface area contributed by atoms with Crippen LogP contribution in [0.3, 0.4) is 0 Å². The number of anilines is 1. The van der Waals surface area contributed by atoms with E-state index in [0.29, 0.717) is 13.1 Å². The van der Waals surface area contributed by atoms with Gasteiger partial charge in [-0.15, -0.1) is 0 Å².